The Morgan fingerprint density at radius 1 is 0.900 bits per heavy atom. The molecule has 1 nitrogen and oxygen atoms in total. The maximum atomic E-state index is 3.73. The smallest absolute Gasteiger partial charge is 0.0374 e. The Balaban J connectivity index is 3.45. The van der Waals surface area contributed by atoms with E-state index in [0.717, 1.165) is 25.8 Å². The van der Waals surface area contributed by atoms with Gasteiger partial charge in [0.1, 0.15) is 0 Å². The Kier molecular flexibility index (Phi) is 6.26. The molecule has 0 spiro atoms. The molecule has 1 unspecified atom stereocenters. The van der Waals surface area contributed by atoms with Gasteiger partial charge < -0.3 is 5.32 Å². The molecule has 0 amide bonds. The normalized spacial score (nSPS) is 13.6. The lowest BCUT2D eigenvalue weighted by Crippen LogP contribution is -2.34. The van der Waals surface area contributed by atoms with Crippen molar-refractivity contribution in [2.24, 2.45) is 5.41 Å². The van der Waals surface area contributed by atoms with Crippen molar-refractivity contribution in [3.8, 4) is 0 Å². The Bertz CT molecular complexity index is 401. The SMILES string of the molecule is CCNC(c1c(CC)cc(CC)cc1CC)C(C)(C)C. The largest absolute Gasteiger partial charge is 0.310 e. The van der Waals surface area contributed by atoms with Crippen LogP contribution >= 0.6 is 0 Å². The lowest BCUT2D eigenvalue weighted by atomic mass is 9.77. The van der Waals surface area contributed by atoms with Crippen molar-refractivity contribution in [2.75, 3.05) is 6.54 Å². The Labute approximate surface area is 126 Å². The third-order valence-corrected chi connectivity index (χ3v) is 4.14. The molecule has 1 N–H and O–H groups in total. The molecule has 0 heterocycles. The minimum absolute atomic E-state index is 0.234. The van der Waals surface area contributed by atoms with Crippen LogP contribution in [0.1, 0.15) is 76.8 Å². The van der Waals surface area contributed by atoms with Crippen molar-refractivity contribution in [1.82, 2.24) is 5.32 Å². The quantitative estimate of drug-likeness (QED) is 0.764. The summed E-state index contributed by atoms with van der Waals surface area (Å²) >= 11 is 0. The van der Waals surface area contributed by atoms with Gasteiger partial charge in [-0.05, 0) is 53.5 Å². The fourth-order valence-electron chi connectivity index (χ4n) is 3.06. The molecule has 1 aromatic carbocycles. The van der Waals surface area contributed by atoms with Gasteiger partial charge >= 0.3 is 0 Å². The van der Waals surface area contributed by atoms with E-state index in [0.29, 0.717) is 6.04 Å². The predicted molar refractivity (Wildman–Crippen MR) is 90.4 cm³/mol. The number of rotatable bonds is 6. The zero-order chi connectivity index (χ0) is 15.3. The summed E-state index contributed by atoms with van der Waals surface area (Å²) in [7, 11) is 0. The van der Waals surface area contributed by atoms with E-state index in [1.807, 2.05) is 0 Å². The molecule has 0 aromatic heterocycles. The summed E-state index contributed by atoms with van der Waals surface area (Å²) in [6.07, 6.45) is 3.37. The highest BCUT2D eigenvalue weighted by molar-refractivity contribution is 5.42. The van der Waals surface area contributed by atoms with Crippen molar-refractivity contribution >= 4 is 0 Å². The molecule has 0 bridgehead atoms. The summed E-state index contributed by atoms with van der Waals surface area (Å²) in [5.74, 6) is 0. The van der Waals surface area contributed by atoms with Gasteiger partial charge in [0.15, 0.2) is 0 Å². The van der Waals surface area contributed by atoms with Crippen LogP contribution in [0, 0.1) is 5.41 Å². The first-order valence-corrected chi connectivity index (χ1v) is 8.26. The van der Waals surface area contributed by atoms with Gasteiger partial charge in [0, 0.05) is 6.04 Å². The Morgan fingerprint density at radius 3 is 1.70 bits per heavy atom. The van der Waals surface area contributed by atoms with Crippen LogP contribution < -0.4 is 5.32 Å². The molecule has 0 saturated carbocycles. The monoisotopic (exact) mass is 275 g/mol. The topological polar surface area (TPSA) is 12.0 Å². The first-order chi connectivity index (χ1) is 9.38. The predicted octanol–water partition coefficient (Wildman–Crippen LogP) is 5.07. The molecule has 1 atom stereocenters. The van der Waals surface area contributed by atoms with Crippen LogP contribution in [0.5, 0.6) is 0 Å². The highest BCUT2D eigenvalue weighted by Gasteiger charge is 2.28. The third kappa shape index (κ3) is 3.85. The van der Waals surface area contributed by atoms with Crippen LogP contribution in [-0.4, -0.2) is 6.54 Å². The molecule has 0 aliphatic heterocycles. The second kappa shape index (κ2) is 7.26. The van der Waals surface area contributed by atoms with Crippen molar-refractivity contribution in [2.45, 2.75) is 73.8 Å². The van der Waals surface area contributed by atoms with Crippen LogP contribution in [0.3, 0.4) is 0 Å². The summed E-state index contributed by atoms with van der Waals surface area (Å²) in [5.41, 5.74) is 6.33. The van der Waals surface area contributed by atoms with Crippen molar-refractivity contribution in [3.63, 3.8) is 0 Å². The van der Waals surface area contributed by atoms with Crippen LogP contribution in [-0.2, 0) is 19.3 Å². The van der Waals surface area contributed by atoms with Gasteiger partial charge in [-0.1, -0.05) is 60.6 Å². The second-order valence-corrected chi connectivity index (χ2v) is 6.75. The van der Waals surface area contributed by atoms with E-state index in [1.165, 1.54) is 16.7 Å². The molecule has 1 heteroatoms. The van der Waals surface area contributed by atoms with Gasteiger partial charge in [0.25, 0.3) is 0 Å². The minimum Gasteiger partial charge on any atom is -0.310 e. The van der Waals surface area contributed by atoms with Gasteiger partial charge in [-0.15, -0.1) is 0 Å². The first kappa shape index (κ1) is 17.2. The van der Waals surface area contributed by atoms with Crippen molar-refractivity contribution in [3.05, 3.63) is 34.4 Å². The lowest BCUT2D eigenvalue weighted by Gasteiger charge is -2.35. The third-order valence-electron chi connectivity index (χ3n) is 4.14. The average molecular weight is 275 g/mol. The van der Waals surface area contributed by atoms with Crippen LogP contribution in [0.15, 0.2) is 12.1 Å². The number of nitrogens with one attached hydrogen (secondary N) is 1. The maximum Gasteiger partial charge on any atom is 0.0374 e. The standard InChI is InChI=1S/C19H33N/c1-8-14-12-15(9-2)17(16(10-3)13-14)18(20-11-4)19(5,6)7/h12-13,18,20H,8-11H2,1-7H3. The minimum atomic E-state index is 0.234. The number of hydrogen-bond acceptors (Lipinski definition) is 1. The number of hydrogen-bond donors (Lipinski definition) is 1. The Hall–Kier alpha value is -0.820. The molecule has 114 valence electrons. The van der Waals surface area contributed by atoms with E-state index in [-0.39, 0.29) is 5.41 Å². The molecule has 0 aliphatic carbocycles. The van der Waals surface area contributed by atoms with Crippen molar-refractivity contribution in [1.29, 1.82) is 0 Å². The summed E-state index contributed by atoms with van der Waals surface area (Å²) in [6.45, 7) is 17.1. The molecule has 0 fully saturated rings. The fourth-order valence-corrected chi connectivity index (χ4v) is 3.06. The van der Waals surface area contributed by atoms with E-state index in [1.54, 1.807) is 5.56 Å². The van der Waals surface area contributed by atoms with Gasteiger partial charge in [0.2, 0.25) is 0 Å². The van der Waals surface area contributed by atoms with Crippen LogP contribution in [0.4, 0.5) is 0 Å². The van der Waals surface area contributed by atoms with E-state index >= 15 is 0 Å². The molecule has 1 rings (SSSR count). The summed E-state index contributed by atoms with van der Waals surface area (Å²) in [4.78, 5) is 0. The summed E-state index contributed by atoms with van der Waals surface area (Å²) in [5, 5.41) is 3.73. The van der Waals surface area contributed by atoms with E-state index < -0.39 is 0 Å². The van der Waals surface area contributed by atoms with E-state index in [2.05, 4.69) is 65.9 Å². The molecule has 1 aromatic rings. The highest BCUT2D eigenvalue weighted by atomic mass is 14.9. The molecule has 0 radical (unpaired) electrons. The maximum absolute atomic E-state index is 3.73. The van der Waals surface area contributed by atoms with Gasteiger partial charge in [0.05, 0.1) is 0 Å². The Morgan fingerprint density at radius 2 is 1.40 bits per heavy atom. The van der Waals surface area contributed by atoms with E-state index in [4.69, 9.17) is 0 Å². The van der Waals surface area contributed by atoms with Crippen LogP contribution in [0.2, 0.25) is 0 Å². The first-order valence-electron chi connectivity index (χ1n) is 8.26. The zero-order valence-electron chi connectivity index (χ0n) is 14.6. The number of aryl methyl sites for hydroxylation is 3. The highest BCUT2D eigenvalue weighted by Crippen LogP contribution is 2.37. The molecule has 0 saturated heterocycles. The van der Waals surface area contributed by atoms with Gasteiger partial charge in [-0.25, -0.2) is 0 Å². The average Bonchev–Trinajstić information content (AvgIpc) is 2.42. The fraction of sp³-hybridized carbons (Fsp3) is 0.684. The second-order valence-electron chi connectivity index (χ2n) is 6.75. The number of benzene rings is 1. The van der Waals surface area contributed by atoms with Crippen molar-refractivity contribution < 1.29 is 0 Å². The molecular weight excluding hydrogens is 242 g/mol. The molecular formula is C19H33N. The van der Waals surface area contributed by atoms with Crippen LogP contribution in [0.25, 0.3) is 0 Å². The zero-order valence-corrected chi connectivity index (χ0v) is 14.6. The lowest BCUT2D eigenvalue weighted by molar-refractivity contribution is 0.274. The van der Waals surface area contributed by atoms with E-state index in [9.17, 15) is 0 Å². The van der Waals surface area contributed by atoms with Gasteiger partial charge in [-0.3, -0.25) is 0 Å². The summed E-state index contributed by atoms with van der Waals surface area (Å²) in [6, 6.07) is 5.28. The van der Waals surface area contributed by atoms with Gasteiger partial charge in [-0.2, -0.15) is 0 Å². The molecule has 20 heavy (non-hydrogen) atoms. The summed E-state index contributed by atoms with van der Waals surface area (Å²) < 4.78 is 0. The molecule has 0 aliphatic rings.